The van der Waals surface area contributed by atoms with Gasteiger partial charge < -0.3 is 20.1 Å². The van der Waals surface area contributed by atoms with Gasteiger partial charge in [-0.3, -0.25) is 0 Å². The molecule has 3 N–H and O–H groups in total. The lowest BCUT2D eigenvalue weighted by Gasteiger charge is -2.33. The van der Waals surface area contributed by atoms with Gasteiger partial charge in [-0.25, -0.2) is 4.79 Å². The van der Waals surface area contributed by atoms with Gasteiger partial charge in [-0.15, -0.1) is 0 Å². The van der Waals surface area contributed by atoms with Crippen LogP contribution in [0.1, 0.15) is 69.9 Å². The van der Waals surface area contributed by atoms with Gasteiger partial charge in [-0.2, -0.15) is 0 Å². The van der Waals surface area contributed by atoms with E-state index in [-0.39, 0.29) is 30.7 Å². The molecular weight excluding hydrogens is 380 g/mol. The Hall–Kier alpha value is -1.59. The average molecular weight is 419 g/mol. The number of benzene rings is 1. The molecule has 1 fully saturated rings. The van der Waals surface area contributed by atoms with Crippen molar-refractivity contribution in [3.63, 3.8) is 0 Å². The molecule has 2 aliphatic rings. The Morgan fingerprint density at radius 2 is 1.90 bits per heavy atom. The lowest BCUT2D eigenvalue weighted by Crippen LogP contribution is -2.28. The normalized spacial score (nSPS) is 28.6. The SMILES string of the molecule is CCCCC[C@H](O)CC[C@@H]1[C@H]2Cc3cccc(OCC(=O)O)c3C[C@H]2C(CC)[C@H]1O. The summed E-state index contributed by atoms with van der Waals surface area (Å²) in [6.45, 7) is 3.99. The minimum absolute atomic E-state index is 0.220. The van der Waals surface area contributed by atoms with Gasteiger partial charge in [0.05, 0.1) is 12.2 Å². The summed E-state index contributed by atoms with van der Waals surface area (Å²) >= 11 is 0. The number of aliphatic carboxylic acids is 1. The van der Waals surface area contributed by atoms with Crippen molar-refractivity contribution in [2.45, 2.75) is 83.8 Å². The zero-order valence-corrected chi connectivity index (χ0v) is 18.4. The monoisotopic (exact) mass is 418 g/mol. The summed E-state index contributed by atoms with van der Waals surface area (Å²) in [6, 6.07) is 5.91. The molecule has 0 saturated heterocycles. The molecule has 1 aromatic carbocycles. The molecule has 0 radical (unpaired) electrons. The summed E-state index contributed by atoms with van der Waals surface area (Å²) in [5, 5.41) is 30.5. The van der Waals surface area contributed by atoms with Crippen molar-refractivity contribution in [2.75, 3.05) is 6.61 Å². The Bertz CT molecular complexity index is 703. The van der Waals surface area contributed by atoms with Crippen molar-refractivity contribution in [1.29, 1.82) is 0 Å². The maximum absolute atomic E-state index is 11.1. The third-order valence-corrected chi connectivity index (χ3v) is 7.45. The van der Waals surface area contributed by atoms with E-state index < -0.39 is 5.97 Å². The number of aliphatic hydroxyl groups is 2. The second-order valence-corrected chi connectivity index (χ2v) is 9.27. The van der Waals surface area contributed by atoms with Crippen LogP contribution in [-0.4, -0.2) is 40.1 Å². The molecule has 5 nitrogen and oxygen atoms in total. The fourth-order valence-electron chi connectivity index (χ4n) is 5.95. The Morgan fingerprint density at radius 3 is 2.60 bits per heavy atom. The van der Waals surface area contributed by atoms with Crippen LogP contribution in [0, 0.1) is 23.7 Å². The highest BCUT2D eigenvalue weighted by atomic mass is 16.5. The third-order valence-electron chi connectivity index (χ3n) is 7.45. The van der Waals surface area contributed by atoms with Crippen molar-refractivity contribution in [2.24, 2.45) is 23.7 Å². The van der Waals surface area contributed by atoms with Gasteiger partial charge >= 0.3 is 5.97 Å². The summed E-state index contributed by atoms with van der Waals surface area (Å²) < 4.78 is 5.57. The van der Waals surface area contributed by atoms with Crippen LogP contribution in [-0.2, 0) is 17.6 Å². The molecule has 0 bridgehead atoms. The Balaban J connectivity index is 1.72. The highest BCUT2D eigenvalue weighted by Gasteiger charge is 2.50. The number of carboxylic acids is 1. The van der Waals surface area contributed by atoms with Gasteiger partial charge in [-0.05, 0) is 73.0 Å². The van der Waals surface area contributed by atoms with Crippen molar-refractivity contribution in [3.8, 4) is 5.75 Å². The second-order valence-electron chi connectivity index (χ2n) is 9.27. The summed E-state index contributed by atoms with van der Waals surface area (Å²) in [4.78, 5) is 10.9. The molecule has 168 valence electrons. The number of fused-ring (bicyclic) bond motifs is 2. The number of rotatable bonds is 11. The summed E-state index contributed by atoms with van der Waals surface area (Å²) in [5.41, 5.74) is 2.34. The van der Waals surface area contributed by atoms with E-state index in [0.29, 0.717) is 17.6 Å². The molecule has 0 aromatic heterocycles. The van der Waals surface area contributed by atoms with Crippen LogP contribution in [0.4, 0.5) is 0 Å². The van der Waals surface area contributed by atoms with E-state index in [1.165, 1.54) is 5.56 Å². The van der Waals surface area contributed by atoms with Gasteiger partial charge in [0, 0.05) is 0 Å². The molecule has 0 spiro atoms. The van der Waals surface area contributed by atoms with Gasteiger partial charge in [0.15, 0.2) is 6.61 Å². The van der Waals surface area contributed by atoms with E-state index >= 15 is 0 Å². The quantitative estimate of drug-likeness (QED) is 0.469. The molecule has 1 unspecified atom stereocenters. The minimum Gasteiger partial charge on any atom is -0.482 e. The van der Waals surface area contributed by atoms with E-state index in [1.54, 1.807) is 0 Å². The maximum Gasteiger partial charge on any atom is 0.341 e. The highest BCUT2D eigenvalue weighted by molar-refractivity contribution is 5.68. The smallest absolute Gasteiger partial charge is 0.341 e. The molecule has 0 amide bonds. The van der Waals surface area contributed by atoms with Crippen LogP contribution in [0.25, 0.3) is 0 Å². The molecule has 6 atom stereocenters. The summed E-state index contributed by atoms with van der Waals surface area (Å²) in [7, 11) is 0. The van der Waals surface area contributed by atoms with E-state index in [4.69, 9.17) is 9.84 Å². The van der Waals surface area contributed by atoms with Crippen molar-refractivity contribution in [3.05, 3.63) is 29.3 Å². The molecule has 30 heavy (non-hydrogen) atoms. The number of carboxylic acid groups (broad SMARTS) is 1. The first-order valence-corrected chi connectivity index (χ1v) is 11.8. The molecule has 5 heteroatoms. The number of hydrogen-bond donors (Lipinski definition) is 3. The number of carbonyl (C=O) groups is 1. The van der Waals surface area contributed by atoms with E-state index in [9.17, 15) is 15.0 Å². The minimum atomic E-state index is -0.971. The molecule has 3 rings (SSSR count). The molecule has 0 aliphatic heterocycles. The lowest BCUT2D eigenvalue weighted by atomic mass is 9.72. The first kappa shape index (κ1) is 23.1. The molecule has 2 aliphatic carbocycles. The average Bonchev–Trinajstić information content (AvgIpc) is 2.98. The largest absolute Gasteiger partial charge is 0.482 e. The predicted molar refractivity (Wildman–Crippen MR) is 117 cm³/mol. The fourth-order valence-corrected chi connectivity index (χ4v) is 5.95. The molecule has 1 aromatic rings. The number of unbranched alkanes of at least 4 members (excludes halogenated alkanes) is 2. The summed E-state index contributed by atoms with van der Waals surface area (Å²) in [6.07, 6.45) is 7.95. The van der Waals surface area contributed by atoms with Crippen molar-refractivity contribution in [1.82, 2.24) is 0 Å². The fraction of sp³-hybridized carbons (Fsp3) is 0.720. The van der Waals surface area contributed by atoms with Crippen LogP contribution in [0.5, 0.6) is 5.75 Å². The van der Waals surface area contributed by atoms with Crippen LogP contribution in [0.2, 0.25) is 0 Å². The van der Waals surface area contributed by atoms with Gasteiger partial charge in [0.1, 0.15) is 5.75 Å². The standard InChI is InChI=1S/C25H38O5/c1-3-5-6-9-17(26)11-12-19-21-13-16-8-7-10-23(30-15-24(27)28)20(16)14-22(21)18(4-2)25(19)29/h7-8,10,17-19,21-22,25-26,29H,3-6,9,11-15H2,1-2H3,(H,27,28)/t17-,18?,19+,21+,22-,25+/m0/s1. The predicted octanol–water partition coefficient (Wildman–Crippen LogP) is 4.22. The van der Waals surface area contributed by atoms with E-state index in [1.807, 2.05) is 12.1 Å². The maximum atomic E-state index is 11.1. The third kappa shape index (κ3) is 5.17. The zero-order valence-electron chi connectivity index (χ0n) is 18.4. The first-order chi connectivity index (χ1) is 14.5. The van der Waals surface area contributed by atoms with Crippen LogP contribution in [0.3, 0.4) is 0 Å². The highest BCUT2D eigenvalue weighted by Crippen LogP contribution is 2.52. The molecule has 1 saturated carbocycles. The number of hydrogen-bond acceptors (Lipinski definition) is 4. The Morgan fingerprint density at radius 1 is 1.13 bits per heavy atom. The lowest BCUT2D eigenvalue weighted by molar-refractivity contribution is -0.139. The van der Waals surface area contributed by atoms with Gasteiger partial charge in [0.25, 0.3) is 0 Å². The Kier molecular flexibility index (Phi) is 8.18. The number of aliphatic hydroxyl groups excluding tert-OH is 2. The van der Waals surface area contributed by atoms with Crippen LogP contribution >= 0.6 is 0 Å². The van der Waals surface area contributed by atoms with E-state index in [2.05, 4.69) is 19.9 Å². The van der Waals surface area contributed by atoms with Gasteiger partial charge in [-0.1, -0.05) is 51.7 Å². The second kappa shape index (κ2) is 10.6. The Labute approximate surface area is 180 Å². The van der Waals surface area contributed by atoms with Crippen molar-refractivity contribution >= 4 is 5.97 Å². The van der Waals surface area contributed by atoms with Crippen LogP contribution < -0.4 is 4.74 Å². The number of ether oxygens (including phenoxy) is 1. The molecule has 0 heterocycles. The van der Waals surface area contributed by atoms with Crippen LogP contribution in [0.15, 0.2) is 18.2 Å². The van der Waals surface area contributed by atoms with Crippen molar-refractivity contribution < 1.29 is 24.9 Å². The zero-order chi connectivity index (χ0) is 21.7. The molecular formula is C25H38O5. The topological polar surface area (TPSA) is 87.0 Å². The first-order valence-electron chi connectivity index (χ1n) is 11.8. The summed E-state index contributed by atoms with van der Waals surface area (Å²) in [5.74, 6) is 0.967. The van der Waals surface area contributed by atoms with Gasteiger partial charge in [0.2, 0.25) is 0 Å². The van der Waals surface area contributed by atoms with E-state index in [0.717, 1.165) is 63.4 Å².